The van der Waals surface area contributed by atoms with Gasteiger partial charge >= 0.3 is 0 Å². The predicted molar refractivity (Wildman–Crippen MR) is 112 cm³/mol. The fourth-order valence-corrected chi connectivity index (χ4v) is 5.37. The maximum atomic E-state index is 13.3. The molecular formula is C20H29N5O3S. The molecule has 8 nitrogen and oxygen atoms in total. The molecule has 0 bridgehead atoms. The average molecular weight is 420 g/mol. The number of pyridine rings is 1. The molecule has 2 fully saturated rings. The number of rotatable bonds is 4. The molecule has 0 aliphatic carbocycles. The third-order valence-electron chi connectivity index (χ3n) is 6.18. The van der Waals surface area contributed by atoms with Crippen LogP contribution < -0.4 is 0 Å². The summed E-state index contributed by atoms with van der Waals surface area (Å²) < 4.78 is 27.6. The Morgan fingerprint density at radius 1 is 1.17 bits per heavy atom. The van der Waals surface area contributed by atoms with Crippen LogP contribution >= 0.6 is 0 Å². The lowest BCUT2D eigenvalue weighted by Gasteiger charge is -2.30. The van der Waals surface area contributed by atoms with Gasteiger partial charge < -0.3 is 14.2 Å². The van der Waals surface area contributed by atoms with E-state index in [1.807, 2.05) is 47.8 Å². The molecule has 0 spiro atoms. The topological polar surface area (TPSA) is 78.2 Å². The van der Waals surface area contributed by atoms with Crippen molar-refractivity contribution in [1.29, 1.82) is 0 Å². The van der Waals surface area contributed by atoms with E-state index in [4.69, 9.17) is 4.98 Å². The molecule has 0 saturated carbocycles. The first kappa shape index (κ1) is 20.3. The molecule has 0 N–H and O–H groups in total. The minimum absolute atomic E-state index is 0.0250. The van der Waals surface area contributed by atoms with Crippen molar-refractivity contribution in [3.8, 4) is 0 Å². The first-order chi connectivity index (χ1) is 13.8. The van der Waals surface area contributed by atoms with E-state index in [0.29, 0.717) is 31.4 Å². The van der Waals surface area contributed by atoms with Crippen molar-refractivity contribution in [2.75, 3.05) is 46.5 Å². The summed E-state index contributed by atoms with van der Waals surface area (Å²) in [4.78, 5) is 22.1. The van der Waals surface area contributed by atoms with Gasteiger partial charge in [0.2, 0.25) is 10.0 Å². The van der Waals surface area contributed by atoms with Gasteiger partial charge in [0.15, 0.2) is 5.69 Å². The number of nitrogens with zero attached hydrogens (tertiary/aromatic N) is 5. The fraction of sp³-hybridized carbons (Fsp3) is 0.600. The molecule has 1 amide bonds. The summed E-state index contributed by atoms with van der Waals surface area (Å²) in [6.45, 7) is 2.39. The molecule has 4 rings (SSSR count). The number of hydrogen-bond acceptors (Lipinski definition) is 5. The minimum atomic E-state index is -3.24. The molecule has 2 atom stereocenters. The molecule has 0 aromatic carbocycles. The zero-order valence-corrected chi connectivity index (χ0v) is 18.1. The van der Waals surface area contributed by atoms with E-state index in [0.717, 1.165) is 37.1 Å². The van der Waals surface area contributed by atoms with E-state index < -0.39 is 10.0 Å². The van der Waals surface area contributed by atoms with E-state index in [-0.39, 0.29) is 11.8 Å². The number of fused-ring (bicyclic) bond motifs is 1. The average Bonchev–Trinajstić information content (AvgIpc) is 3.33. The van der Waals surface area contributed by atoms with Gasteiger partial charge in [0.1, 0.15) is 5.82 Å². The number of imidazole rings is 1. The monoisotopic (exact) mass is 419 g/mol. The molecule has 0 radical (unpaired) electrons. The van der Waals surface area contributed by atoms with E-state index >= 15 is 0 Å². The summed E-state index contributed by atoms with van der Waals surface area (Å²) in [5.41, 5.74) is 1.26. The van der Waals surface area contributed by atoms with Crippen LogP contribution in [0.15, 0.2) is 24.4 Å². The molecule has 4 heterocycles. The van der Waals surface area contributed by atoms with Crippen molar-refractivity contribution >= 4 is 21.4 Å². The van der Waals surface area contributed by atoms with Crippen LogP contribution in [0.25, 0.3) is 5.52 Å². The highest BCUT2D eigenvalue weighted by atomic mass is 32.2. The van der Waals surface area contributed by atoms with Gasteiger partial charge in [-0.25, -0.2) is 17.7 Å². The van der Waals surface area contributed by atoms with Gasteiger partial charge in [-0.05, 0) is 45.5 Å². The second kappa shape index (κ2) is 7.70. The Morgan fingerprint density at radius 2 is 1.97 bits per heavy atom. The van der Waals surface area contributed by atoms with E-state index in [1.54, 1.807) is 0 Å². The Kier molecular flexibility index (Phi) is 5.39. The molecule has 158 valence electrons. The summed E-state index contributed by atoms with van der Waals surface area (Å²) in [7, 11) is 0.842. The van der Waals surface area contributed by atoms with Crippen LogP contribution in [-0.4, -0.2) is 90.4 Å². The number of aromatic nitrogens is 2. The summed E-state index contributed by atoms with van der Waals surface area (Å²) in [6.07, 6.45) is 5.78. The van der Waals surface area contributed by atoms with Gasteiger partial charge in [-0.1, -0.05) is 6.07 Å². The van der Waals surface area contributed by atoms with Gasteiger partial charge in [0.25, 0.3) is 5.91 Å². The number of carbonyl (C=O) groups is 1. The number of piperidine rings is 1. The van der Waals surface area contributed by atoms with Gasteiger partial charge in [0, 0.05) is 44.3 Å². The second-order valence-corrected chi connectivity index (χ2v) is 10.4. The summed E-state index contributed by atoms with van der Waals surface area (Å²) in [6, 6.07) is 6.12. The highest BCUT2D eigenvalue weighted by Crippen LogP contribution is 2.30. The van der Waals surface area contributed by atoms with Crippen LogP contribution in [0.2, 0.25) is 0 Å². The van der Waals surface area contributed by atoms with Crippen molar-refractivity contribution < 1.29 is 13.2 Å². The van der Waals surface area contributed by atoms with Gasteiger partial charge in [-0.2, -0.15) is 0 Å². The second-order valence-electron chi connectivity index (χ2n) is 8.39. The lowest BCUT2D eigenvalue weighted by atomic mass is 9.99. The normalized spacial score (nSPS) is 23.9. The standard InChI is InChI=1S/C20H29N5O3S/c1-22(2)16-9-12-23(14-16)20(26)18-17-8-4-5-11-25(17)19(21-18)15-7-6-10-24(13-15)29(3,27)28/h4-5,8,11,15-16H,6-7,9-10,12-14H2,1-3H3/t15-,16+/m1/s1. The maximum Gasteiger partial charge on any atom is 0.274 e. The van der Waals surface area contributed by atoms with Crippen LogP contribution in [0.1, 0.15) is 41.5 Å². The number of amides is 1. The molecule has 29 heavy (non-hydrogen) atoms. The zero-order chi connectivity index (χ0) is 20.8. The summed E-state index contributed by atoms with van der Waals surface area (Å²) in [5, 5.41) is 0. The smallest absolute Gasteiger partial charge is 0.274 e. The number of sulfonamides is 1. The van der Waals surface area contributed by atoms with Crippen LogP contribution in [-0.2, 0) is 10.0 Å². The van der Waals surface area contributed by atoms with Crippen LogP contribution in [0.4, 0.5) is 0 Å². The number of hydrogen-bond donors (Lipinski definition) is 0. The molecular weight excluding hydrogens is 390 g/mol. The van der Waals surface area contributed by atoms with Crippen molar-refractivity contribution in [2.24, 2.45) is 0 Å². The number of likely N-dealkylation sites (N-methyl/N-ethyl adjacent to an activating group) is 1. The Bertz CT molecular complexity index is 1020. The van der Waals surface area contributed by atoms with Crippen molar-refractivity contribution in [3.05, 3.63) is 35.9 Å². The molecule has 2 saturated heterocycles. The van der Waals surface area contributed by atoms with Crippen LogP contribution in [0.3, 0.4) is 0 Å². The quantitative estimate of drug-likeness (QED) is 0.745. The number of carbonyl (C=O) groups excluding carboxylic acids is 1. The molecule has 2 aliphatic rings. The third kappa shape index (κ3) is 3.91. The third-order valence-corrected chi connectivity index (χ3v) is 7.45. The maximum absolute atomic E-state index is 13.3. The minimum Gasteiger partial charge on any atom is -0.336 e. The van der Waals surface area contributed by atoms with E-state index in [2.05, 4.69) is 4.90 Å². The Balaban J connectivity index is 1.66. The SMILES string of the molecule is CN(C)[C@H]1CCN(C(=O)c2nc([C@@H]3CCCN(S(C)(=O)=O)C3)n3ccccc23)C1. The Morgan fingerprint density at radius 3 is 2.66 bits per heavy atom. The molecule has 2 aromatic heterocycles. The van der Waals surface area contributed by atoms with Crippen LogP contribution in [0.5, 0.6) is 0 Å². The van der Waals surface area contributed by atoms with Crippen LogP contribution in [0, 0.1) is 0 Å². The molecule has 9 heteroatoms. The van der Waals surface area contributed by atoms with Crippen molar-refractivity contribution in [1.82, 2.24) is 23.5 Å². The first-order valence-electron chi connectivity index (χ1n) is 10.1. The molecule has 0 unspecified atom stereocenters. The van der Waals surface area contributed by atoms with Gasteiger partial charge in [-0.15, -0.1) is 0 Å². The highest BCUT2D eigenvalue weighted by molar-refractivity contribution is 7.88. The fourth-order valence-electron chi connectivity index (χ4n) is 4.46. The van der Waals surface area contributed by atoms with Gasteiger partial charge in [0.05, 0.1) is 11.8 Å². The molecule has 2 aliphatic heterocycles. The first-order valence-corrected chi connectivity index (χ1v) is 12.0. The Labute approximate surface area is 172 Å². The largest absolute Gasteiger partial charge is 0.336 e. The summed E-state index contributed by atoms with van der Waals surface area (Å²) >= 11 is 0. The highest BCUT2D eigenvalue weighted by Gasteiger charge is 2.33. The lowest BCUT2D eigenvalue weighted by Crippen LogP contribution is -2.38. The van der Waals surface area contributed by atoms with Crippen molar-refractivity contribution in [3.63, 3.8) is 0 Å². The zero-order valence-electron chi connectivity index (χ0n) is 17.3. The van der Waals surface area contributed by atoms with Gasteiger partial charge in [-0.3, -0.25) is 4.79 Å². The van der Waals surface area contributed by atoms with Crippen molar-refractivity contribution in [2.45, 2.75) is 31.2 Å². The Hall–Kier alpha value is -1.97. The number of likely N-dealkylation sites (tertiary alicyclic amines) is 1. The summed E-state index contributed by atoms with van der Waals surface area (Å²) in [5.74, 6) is 0.712. The van der Waals surface area contributed by atoms with E-state index in [9.17, 15) is 13.2 Å². The lowest BCUT2D eigenvalue weighted by molar-refractivity contribution is 0.0779. The van der Waals surface area contributed by atoms with E-state index in [1.165, 1.54) is 10.6 Å². The molecule has 2 aromatic rings. The predicted octanol–water partition coefficient (Wildman–Crippen LogP) is 1.25.